The van der Waals surface area contributed by atoms with Crippen molar-refractivity contribution in [2.24, 2.45) is 11.7 Å². The van der Waals surface area contributed by atoms with Crippen molar-refractivity contribution in [3.05, 3.63) is 24.3 Å². The number of benzene rings is 1. The second-order valence-electron chi connectivity index (χ2n) is 5.32. The molecule has 0 aliphatic heterocycles. The van der Waals surface area contributed by atoms with Crippen molar-refractivity contribution in [3.8, 4) is 5.75 Å². The fraction of sp³-hybridized carbons (Fsp3) is 0.467. The number of hydrogen-bond donors (Lipinski definition) is 2. The van der Waals surface area contributed by atoms with Crippen LogP contribution in [0, 0.1) is 5.92 Å². The summed E-state index contributed by atoms with van der Waals surface area (Å²) in [4.78, 5) is 22.9. The summed E-state index contributed by atoms with van der Waals surface area (Å²) in [6.45, 7) is 1.64. The van der Waals surface area contributed by atoms with Crippen molar-refractivity contribution < 1.29 is 19.1 Å². The Balaban J connectivity index is 1.96. The molecule has 0 radical (unpaired) electrons. The van der Waals surface area contributed by atoms with Crippen LogP contribution in [0.4, 0.5) is 5.69 Å². The molecule has 6 nitrogen and oxygen atoms in total. The second kappa shape index (κ2) is 6.13. The van der Waals surface area contributed by atoms with Gasteiger partial charge in [-0.1, -0.05) is 0 Å². The molecule has 21 heavy (non-hydrogen) atoms. The first-order valence-corrected chi connectivity index (χ1v) is 6.83. The maximum atomic E-state index is 12.3. The quantitative estimate of drug-likeness (QED) is 0.792. The molecule has 2 rings (SSSR count). The lowest BCUT2D eigenvalue weighted by Crippen LogP contribution is -2.44. The molecule has 1 aliphatic rings. The van der Waals surface area contributed by atoms with Gasteiger partial charge in [0.05, 0.1) is 0 Å². The summed E-state index contributed by atoms with van der Waals surface area (Å²) < 4.78 is 10.5. The first kappa shape index (κ1) is 15.3. The summed E-state index contributed by atoms with van der Waals surface area (Å²) in [5, 5.41) is 2.84. The number of anilines is 1. The van der Waals surface area contributed by atoms with E-state index in [1.165, 1.54) is 0 Å². The predicted octanol–water partition coefficient (Wildman–Crippen LogP) is 1.30. The van der Waals surface area contributed by atoms with E-state index >= 15 is 0 Å². The van der Waals surface area contributed by atoms with Crippen molar-refractivity contribution >= 4 is 17.5 Å². The predicted molar refractivity (Wildman–Crippen MR) is 77.9 cm³/mol. The Kier molecular flexibility index (Phi) is 4.47. The number of methoxy groups -OCH3 is 1. The number of carbonyl (C=O) groups is 2. The lowest BCUT2D eigenvalue weighted by atomic mass is 9.99. The fourth-order valence-electron chi connectivity index (χ4n) is 2.12. The third kappa shape index (κ3) is 3.72. The van der Waals surface area contributed by atoms with Crippen LogP contribution < -0.4 is 15.8 Å². The highest BCUT2D eigenvalue weighted by molar-refractivity contribution is 5.97. The molecular weight excluding hydrogens is 272 g/mol. The summed E-state index contributed by atoms with van der Waals surface area (Å²) in [7, 11) is 1.55. The van der Waals surface area contributed by atoms with Crippen LogP contribution in [0.5, 0.6) is 5.75 Å². The van der Waals surface area contributed by atoms with Crippen molar-refractivity contribution in [2.45, 2.75) is 25.4 Å². The van der Waals surface area contributed by atoms with Gasteiger partial charge in [0.2, 0.25) is 0 Å². The maximum absolute atomic E-state index is 12.3. The van der Waals surface area contributed by atoms with E-state index in [2.05, 4.69) is 5.32 Å². The van der Waals surface area contributed by atoms with Gasteiger partial charge in [-0.25, -0.2) is 0 Å². The zero-order chi connectivity index (χ0) is 15.5. The van der Waals surface area contributed by atoms with Crippen LogP contribution in [-0.4, -0.2) is 31.1 Å². The van der Waals surface area contributed by atoms with Crippen LogP contribution in [0.2, 0.25) is 0 Å². The third-order valence-corrected chi connectivity index (χ3v) is 3.72. The Morgan fingerprint density at radius 3 is 2.43 bits per heavy atom. The van der Waals surface area contributed by atoms with Gasteiger partial charge in [-0.3, -0.25) is 9.59 Å². The first-order valence-electron chi connectivity index (χ1n) is 6.83. The number of primary amides is 1. The second-order valence-corrected chi connectivity index (χ2v) is 5.32. The lowest BCUT2D eigenvalue weighted by molar-refractivity contribution is -0.138. The van der Waals surface area contributed by atoms with Crippen LogP contribution in [-0.2, 0) is 14.3 Å². The topological polar surface area (TPSA) is 90.7 Å². The third-order valence-electron chi connectivity index (χ3n) is 3.72. The monoisotopic (exact) mass is 292 g/mol. The van der Waals surface area contributed by atoms with Gasteiger partial charge in [-0.05, 0) is 49.9 Å². The number of hydrogen-bond acceptors (Lipinski definition) is 4. The Bertz CT molecular complexity index is 525. The highest BCUT2D eigenvalue weighted by Crippen LogP contribution is 2.42. The molecule has 3 N–H and O–H groups in total. The Morgan fingerprint density at radius 1 is 1.33 bits per heavy atom. The highest BCUT2D eigenvalue weighted by atomic mass is 16.5. The molecule has 2 amide bonds. The van der Waals surface area contributed by atoms with E-state index < -0.39 is 11.5 Å². The van der Waals surface area contributed by atoms with E-state index in [0.717, 1.165) is 12.8 Å². The Hall–Kier alpha value is -2.08. The SMILES string of the molecule is CO[C@](C)(C(=O)Nc1ccc(OCC(N)=O)cc1)C1CC1. The normalized spacial score (nSPS) is 16.9. The lowest BCUT2D eigenvalue weighted by Gasteiger charge is -2.26. The first-order chi connectivity index (χ1) is 9.95. The average Bonchev–Trinajstić information content (AvgIpc) is 3.30. The summed E-state index contributed by atoms with van der Waals surface area (Å²) >= 11 is 0. The smallest absolute Gasteiger partial charge is 0.256 e. The fourth-order valence-corrected chi connectivity index (χ4v) is 2.12. The number of amides is 2. The maximum Gasteiger partial charge on any atom is 0.256 e. The molecule has 114 valence electrons. The van der Waals surface area contributed by atoms with Crippen LogP contribution in [0.25, 0.3) is 0 Å². The van der Waals surface area contributed by atoms with E-state index in [9.17, 15) is 9.59 Å². The summed E-state index contributed by atoms with van der Waals surface area (Å²) in [5.41, 5.74) is 4.86. The minimum Gasteiger partial charge on any atom is -0.484 e. The summed E-state index contributed by atoms with van der Waals surface area (Å²) in [6.07, 6.45) is 2.02. The molecule has 0 heterocycles. The summed E-state index contributed by atoms with van der Waals surface area (Å²) in [5.74, 6) is 0.107. The van der Waals surface area contributed by atoms with Gasteiger partial charge in [0.15, 0.2) is 6.61 Å². The zero-order valence-electron chi connectivity index (χ0n) is 12.2. The molecule has 0 saturated heterocycles. The van der Waals surface area contributed by atoms with Gasteiger partial charge in [0.1, 0.15) is 11.4 Å². The molecule has 1 atom stereocenters. The molecule has 1 fully saturated rings. The van der Waals surface area contributed by atoms with Gasteiger partial charge < -0.3 is 20.5 Å². The molecule has 6 heteroatoms. The molecule has 0 aromatic heterocycles. The Morgan fingerprint density at radius 2 is 1.95 bits per heavy atom. The number of nitrogens with two attached hydrogens (primary N) is 1. The van der Waals surface area contributed by atoms with Crippen molar-refractivity contribution in [2.75, 3.05) is 19.0 Å². The number of nitrogens with one attached hydrogen (secondary N) is 1. The van der Waals surface area contributed by atoms with E-state index in [0.29, 0.717) is 11.4 Å². The molecule has 1 saturated carbocycles. The minimum atomic E-state index is -0.791. The molecule has 0 unspecified atom stereocenters. The minimum absolute atomic E-state index is 0.154. The molecule has 1 aromatic rings. The number of carbonyl (C=O) groups excluding carboxylic acids is 2. The van der Waals surface area contributed by atoms with Gasteiger partial charge in [-0.15, -0.1) is 0 Å². The van der Waals surface area contributed by atoms with Gasteiger partial charge in [0, 0.05) is 12.8 Å². The summed E-state index contributed by atoms with van der Waals surface area (Å²) in [6, 6.07) is 6.74. The zero-order valence-corrected chi connectivity index (χ0v) is 12.2. The van der Waals surface area contributed by atoms with Gasteiger partial charge >= 0.3 is 0 Å². The molecular formula is C15H20N2O4. The average molecular weight is 292 g/mol. The molecule has 1 aliphatic carbocycles. The Labute approximate surface area is 123 Å². The standard InChI is InChI=1S/C15H20N2O4/c1-15(20-2,10-3-4-10)14(19)17-11-5-7-12(8-6-11)21-9-13(16)18/h5-8,10H,3-4,9H2,1-2H3,(H2,16,18)(H,17,19)/t15-/m0/s1. The van der Waals surface area contributed by atoms with Crippen LogP contribution in [0.3, 0.4) is 0 Å². The van der Waals surface area contributed by atoms with Crippen molar-refractivity contribution in [1.29, 1.82) is 0 Å². The number of rotatable bonds is 7. The van der Waals surface area contributed by atoms with Crippen LogP contribution >= 0.6 is 0 Å². The highest BCUT2D eigenvalue weighted by Gasteiger charge is 2.47. The van der Waals surface area contributed by atoms with Crippen LogP contribution in [0.1, 0.15) is 19.8 Å². The number of ether oxygens (including phenoxy) is 2. The molecule has 0 bridgehead atoms. The van der Waals surface area contributed by atoms with E-state index in [1.807, 2.05) is 6.92 Å². The van der Waals surface area contributed by atoms with Crippen molar-refractivity contribution in [1.82, 2.24) is 0 Å². The largest absolute Gasteiger partial charge is 0.484 e. The molecule has 0 spiro atoms. The molecule has 1 aromatic carbocycles. The van der Waals surface area contributed by atoms with Crippen molar-refractivity contribution in [3.63, 3.8) is 0 Å². The van der Waals surface area contributed by atoms with Gasteiger partial charge in [0.25, 0.3) is 11.8 Å². The van der Waals surface area contributed by atoms with E-state index in [4.69, 9.17) is 15.2 Å². The van der Waals surface area contributed by atoms with Crippen LogP contribution in [0.15, 0.2) is 24.3 Å². The van der Waals surface area contributed by atoms with E-state index in [-0.39, 0.29) is 18.4 Å². The van der Waals surface area contributed by atoms with E-state index in [1.54, 1.807) is 31.4 Å². The van der Waals surface area contributed by atoms with Gasteiger partial charge in [-0.2, -0.15) is 0 Å².